The number of anilines is 1. The number of rotatable bonds is 6. The van der Waals surface area contributed by atoms with Crippen molar-refractivity contribution in [3.8, 4) is 11.5 Å². The van der Waals surface area contributed by atoms with Crippen molar-refractivity contribution in [1.82, 2.24) is 20.5 Å². The van der Waals surface area contributed by atoms with E-state index in [1.807, 2.05) is 43.3 Å². The molecule has 39 heavy (non-hydrogen) atoms. The number of ether oxygens (including phenoxy) is 1. The Bertz CT molecular complexity index is 1510. The van der Waals surface area contributed by atoms with E-state index in [9.17, 15) is 14.4 Å². The number of benzene rings is 2. The zero-order valence-electron chi connectivity index (χ0n) is 21.7. The van der Waals surface area contributed by atoms with Crippen LogP contribution in [-0.4, -0.2) is 46.2 Å². The summed E-state index contributed by atoms with van der Waals surface area (Å²) >= 11 is 1.58. The maximum Gasteiger partial charge on any atom is 0.251 e. The highest BCUT2D eigenvalue weighted by Crippen LogP contribution is 2.59. The molecular weight excluding hydrogens is 514 g/mol. The lowest BCUT2D eigenvalue weighted by molar-refractivity contribution is -0.139. The molecule has 6 rings (SSSR count). The first kappa shape index (κ1) is 25.2. The number of carbonyl (C=O) groups is 3. The number of carbonyl (C=O) groups excluding carboxylic acids is 3. The van der Waals surface area contributed by atoms with E-state index >= 15 is 0 Å². The molecule has 0 spiro atoms. The molecule has 3 aliphatic rings. The lowest BCUT2D eigenvalue weighted by Crippen LogP contribution is -2.50. The van der Waals surface area contributed by atoms with E-state index in [1.54, 1.807) is 34.9 Å². The van der Waals surface area contributed by atoms with E-state index in [0.29, 0.717) is 30.1 Å². The number of aromatic nitrogens is 1. The standard InChI is InChI=1S/C29H29N5O4S/c1-16-18(8-10-25(30)33-16)14-31-28(37)19-12-29(2)13-24(29)34(19)26(35)15-32-27(36)17-7-9-23-21(11-17)38-20-5-3-4-6-22(20)39-23/h3-11,19,24H,12-15H2,1-2H3,(H2,30,33)(H,31,37)(H,32,36)/t19-,24?,29+/m0/s1. The predicted octanol–water partition coefficient (Wildman–Crippen LogP) is 3.65. The van der Waals surface area contributed by atoms with Crippen LogP contribution in [0, 0.1) is 12.3 Å². The van der Waals surface area contributed by atoms with Crippen molar-refractivity contribution in [1.29, 1.82) is 0 Å². The monoisotopic (exact) mass is 543 g/mol. The summed E-state index contributed by atoms with van der Waals surface area (Å²) in [6.45, 7) is 4.05. The summed E-state index contributed by atoms with van der Waals surface area (Å²) in [5.41, 5.74) is 7.68. The van der Waals surface area contributed by atoms with Crippen LogP contribution in [0.1, 0.15) is 41.4 Å². The number of hydrogen-bond acceptors (Lipinski definition) is 7. The Morgan fingerprint density at radius 2 is 1.87 bits per heavy atom. The Hall–Kier alpha value is -4.05. The molecule has 3 aromatic rings. The Labute approximate surface area is 230 Å². The fourth-order valence-electron chi connectivity index (χ4n) is 5.47. The average Bonchev–Trinajstić information content (AvgIpc) is 3.49. The Morgan fingerprint density at radius 1 is 1.08 bits per heavy atom. The third-order valence-electron chi connectivity index (χ3n) is 7.79. The maximum absolute atomic E-state index is 13.3. The van der Waals surface area contributed by atoms with Crippen LogP contribution in [0.25, 0.3) is 0 Å². The second kappa shape index (κ2) is 9.60. The third-order valence-corrected chi connectivity index (χ3v) is 8.91. The summed E-state index contributed by atoms with van der Waals surface area (Å²) in [5.74, 6) is 0.939. The minimum absolute atomic E-state index is 0.00631. The summed E-state index contributed by atoms with van der Waals surface area (Å²) in [7, 11) is 0. The van der Waals surface area contributed by atoms with Gasteiger partial charge in [0.2, 0.25) is 11.8 Å². The van der Waals surface area contributed by atoms with Crippen LogP contribution >= 0.6 is 11.8 Å². The molecule has 2 aromatic carbocycles. The van der Waals surface area contributed by atoms with E-state index in [4.69, 9.17) is 10.5 Å². The molecular formula is C29H29N5O4S. The molecule has 1 unspecified atom stereocenters. The van der Waals surface area contributed by atoms with Crippen molar-refractivity contribution in [2.45, 2.75) is 55.1 Å². The molecule has 1 aliphatic carbocycles. The number of nitrogen functional groups attached to an aromatic ring is 1. The van der Waals surface area contributed by atoms with Gasteiger partial charge in [-0.25, -0.2) is 4.98 Å². The van der Waals surface area contributed by atoms with Crippen molar-refractivity contribution in [2.75, 3.05) is 12.3 Å². The molecule has 2 aliphatic heterocycles. The number of nitrogens with zero attached hydrogens (tertiary/aromatic N) is 2. The highest BCUT2D eigenvalue weighted by molar-refractivity contribution is 7.99. The fraction of sp³-hybridized carbons (Fsp3) is 0.310. The predicted molar refractivity (Wildman–Crippen MR) is 146 cm³/mol. The minimum atomic E-state index is -0.575. The Kier molecular flexibility index (Phi) is 6.22. The van der Waals surface area contributed by atoms with Gasteiger partial charge in [-0.1, -0.05) is 36.9 Å². The number of amides is 3. The zero-order valence-corrected chi connectivity index (χ0v) is 22.5. The number of pyridine rings is 1. The molecule has 0 bridgehead atoms. The molecule has 0 radical (unpaired) electrons. The summed E-state index contributed by atoms with van der Waals surface area (Å²) in [5, 5.41) is 5.69. The number of aryl methyl sites for hydroxylation is 1. The van der Waals surface area contributed by atoms with Crippen LogP contribution in [0.15, 0.2) is 64.4 Å². The summed E-state index contributed by atoms with van der Waals surface area (Å²) in [6, 6.07) is 16.0. The van der Waals surface area contributed by atoms with Gasteiger partial charge in [0.1, 0.15) is 23.4 Å². The van der Waals surface area contributed by atoms with Gasteiger partial charge in [0.25, 0.3) is 5.91 Å². The number of piperidine rings is 1. The molecule has 9 nitrogen and oxygen atoms in total. The summed E-state index contributed by atoms with van der Waals surface area (Å²) < 4.78 is 5.98. The molecule has 2 fully saturated rings. The van der Waals surface area contributed by atoms with Crippen molar-refractivity contribution >= 4 is 35.3 Å². The summed E-state index contributed by atoms with van der Waals surface area (Å²) in [6.07, 6.45) is 1.46. The van der Waals surface area contributed by atoms with Crippen molar-refractivity contribution in [2.24, 2.45) is 5.41 Å². The number of nitrogens with one attached hydrogen (secondary N) is 2. The van der Waals surface area contributed by atoms with Gasteiger partial charge in [-0.2, -0.15) is 0 Å². The van der Waals surface area contributed by atoms with Gasteiger partial charge in [0.05, 0.1) is 16.3 Å². The van der Waals surface area contributed by atoms with Crippen molar-refractivity contribution in [3.05, 3.63) is 71.4 Å². The molecule has 1 saturated carbocycles. The number of likely N-dealkylation sites (tertiary alicyclic amines) is 1. The van der Waals surface area contributed by atoms with E-state index < -0.39 is 6.04 Å². The first-order valence-corrected chi connectivity index (χ1v) is 13.7. The van der Waals surface area contributed by atoms with Gasteiger partial charge in [-0.15, -0.1) is 0 Å². The van der Waals surface area contributed by atoms with Crippen molar-refractivity contribution < 1.29 is 19.1 Å². The van der Waals surface area contributed by atoms with Gasteiger partial charge >= 0.3 is 0 Å². The lowest BCUT2D eigenvalue weighted by atomic mass is 10.0. The SMILES string of the molecule is Cc1nc(N)ccc1CNC(=O)[C@@H]1C[C@]2(C)CC2N1C(=O)CNC(=O)c1ccc2c(c1)Oc1ccccc1S2. The molecule has 1 saturated heterocycles. The molecule has 200 valence electrons. The largest absolute Gasteiger partial charge is 0.455 e. The zero-order chi connectivity index (χ0) is 27.3. The van der Waals surface area contributed by atoms with Crippen LogP contribution < -0.4 is 21.1 Å². The highest BCUT2D eigenvalue weighted by atomic mass is 32.2. The molecule has 3 amide bonds. The number of hydrogen-bond donors (Lipinski definition) is 3. The van der Waals surface area contributed by atoms with E-state index in [2.05, 4.69) is 22.5 Å². The third kappa shape index (κ3) is 4.80. The van der Waals surface area contributed by atoms with Gasteiger partial charge in [-0.05, 0) is 67.1 Å². The highest BCUT2D eigenvalue weighted by Gasteiger charge is 2.64. The Morgan fingerprint density at radius 3 is 2.69 bits per heavy atom. The number of nitrogens with two attached hydrogens (primary N) is 1. The second-order valence-electron chi connectivity index (χ2n) is 10.6. The van der Waals surface area contributed by atoms with Gasteiger partial charge < -0.3 is 26.0 Å². The molecule has 3 heterocycles. The fourth-order valence-corrected chi connectivity index (χ4v) is 6.41. The van der Waals surface area contributed by atoms with Crippen LogP contribution in [0.3, 0.4) is 0 Å². The topological polar surface area (TPSA) is 127 Å². The maximum atomic E-state index is 13.3. The van der Waals surface area contributed by atoms with Gasteiger partial charge in [0, 0.05) is 23.8 Å². The van der Waals surface area contributed by atoms with E-state index in [-0.39, 0.29) is 35.7 Å². The van der Waals surface area contributed by atoms with Crippen LogP contribution in [0.2, 0.25) is 0 Å². The van der Waals surface area contributed by atoms with Crippen LogP contribution in [0.4, 0.5) is 5.82 Å². The molecule has 4 N–H and O–H groups in total. The first-order chi connectivity index (χ1) is 18.7. The van der Waals surface area contributed by atoms with Crippen molar-refractivity contribution in [3.63, 3.8) is 0 Å². The first-order valence-electron chi connectivity index (χ1n) is 12.9. The van der Waals surface area contributed by atoms with Crippen LogP contribution in [0.5, 0.6) is 11.5 Å². The number of para-hydroxylation sites is 1. The summed E-state index contributed by atoms with van der Waals surface area (Å²) in [4.78, 5) is 47.2. The molecule has 1 aromatic heterocycles. The number of fused-ring (bicyclic) bond motifs is 3. The molecule has 10 heteroatoms. The normalized spacial score (nSPS) is 22.2. The second-order valence-corrected chi connectivity index (χ2v) is 11.7. The average molecular weight is 544 g/mol. The minimum Gasteiger partial charge on any atom is -0.455 e. The van der Waals surface area contributed by atoms with E-state index in [0.717, 1.165) is 33.2 Å². The lowest BCUT2D eigenvalue weighted by Gasteiger charge is -2.27. The Balaban J connectivity index is 1.09. The smallest absolute Gasteiger partial charge is 0.251 e. The van der Waals surface area contributed by atoms with E-state index in [1.165, 1.54) is 0 Å². The van der Waals surface area contributed by atoms with Gasteiger partial charge in [-0.3, -0.25) is 14.4 Å². The quantitative estimate of drug-likeness (QED) is 0.339. The van der Waals surface area contributed by atoms with Crippen LogP contribution in [-0.2, 0) is 16.1 Å². The van der Waals surface area contributed by atoms with Gasteiger partial charge in [0.15, 0.2) is 0 Å². The molecule has 3 atom stereocenters.